The van der Waals surface area contributed by atoms with E-state index >= 15 is 0 Å². The lowest BCUT2D eigenvalue weighted by molar-refractivity contribution is -0.122. The molecule has 0 radical (unpaired) electrons. The molecule has 1 aromatic rings. The van der Waals surface area contributed by atoms with Gasteiger partial charge >= 0.3 is 0 Å². The van der Waals surface area contributed by atoms with Gasteiger partial charge in [-0.25, -0.2) is 8.42 Å². The molecule has 2 rings (SSSR count). The molecular weight excluding hydrogens is 314 g/mol. The Balaban J connectivity index is 1.96. The number of hydrogen-bond donors (Lipinski definition) is 1. The first-order chi connectivity index (χ1) is 10.8. The molecule has 0 saturated carbocycles. The van der Waals surface area contributed by atoms with Crippen LogP contribution in [0.5, 0.6) is 0 Å². The predicted octanol–water partition coefficient (Wildman–Crippen LogP) is 0.501. The fourth-order valence-electron chi connectivity index (χ4n) is 3.02. The van der Waals surface area contributed by atoms with E-state index in [9.17, 15) is 13.2 Å². The van der Waals surface area contributed by atoms with Crippen molar-refractivity contribution in [2.45, 2.75) is 13.5 Å². The molecule has 23 heavy (non-hydrogen) atoms. The van der Waals surface area contributed by atoms with Gasteiger partial charge in [0.1, 0.15) is 0 Å². The van der Waals surface area contributed by atoms with Crippen LogP contribution in [0.3, 0.4) is 0 Å². The van der Waals surface area contributed by atoms with Crippen molar-refractivity contribution in [3.63, 3.8) is 0 Å². The molecule has 0 aliphatic carbocycles. The van der Waals surface area contributed by atoms with Crippen molar-refractivity contribution in [1.29, 1.82) is 0 Å². The normalized spacial score (nSPS) is 22.6. The van der Waals surface area contributed by atoms with Gasteiger partial charge in [-0.15, -0.1) is 0 Å². The van der Waals surface area contributed by atoms with Crippen molar-refractivity contribution in [2.75, 3.05) is 32.4 Å². The third kappa shape index (κ3) is 5.02. The maximum Gasteiger partial charge on any atom is 0.222 e. The van der Waals surface area contributed by atoms with E-state index in [1.807, 2.05) is 37.3 Å². The number of nitrogens with zero attached hydrogens (tertiary/aromatic N) is 2. The van der Waals surface area contributed by atoms with E-state index in [0.29, 0.717) is 26.2 Å². The van der Waals surface area contributed by atoms with Gasteiger partial charge in [-0.3, -0.25) is 4.79 Å². The quantitative estimate of drug-likeness (QED) is 0.784. The van der Waals surface area contributed by atoms with Crippen LogP contribution in [0.15, 0.2) is 30.3 Å². The van der Waals surface area contributed by atoms with E-state index in [4.69, 9.17) is 5.73 Å². The molecule has 0 spiro atoms. The average Bonchev–Trinajstić information content (AvgIpc) is 2.84. The van der Waals surface area contributed by atoms with Gasteiger partial charge in [-0.05, 0) is 11.5 Å². The van der Waals surface area contributed by atoms with Gasteiger partial charge < -0.3 is 10.6 Å². The summed E-state index contributed by atoms with van der Waals surface area (Å²) in [4.78, 5) is 13.5. The molecule has 0 unspecified atom stereocenters. The molecule has 0 bridgehead atoms. The summed E-state index contributed by atoms with van der Waals surface area (Å²) in [5.74, 6) is -0.201. The molecule has 1 aromatic carbocycles. The molecular formula is C16H25N3O3S. The number of nitrogens with two attached hydrogens (primary N) is 1. The second-order valence-corrected chi connectivity index (χ2v) is 8.31. The third-order valence-corrected chi connectivity index (χ3v) is 5.64. The van der Waals surface area contributed by atoms with E-state index < -0.39 is 10.0 Å². The highest BCUT2D eigenvalue weighted by atomic mass is 32.2. The first kappa shape index (κ1) is 17.9. The minimum Gasteiger partial charge on any atom is -0.369 e. The van der Waals surface area contributed by atoms with Gasteiger partial charge in [0.2, 0.25) is 15.9 Å². The number of amides is 1. The van der Waals surface area contributed by atoms with Gasteiger partial charge in [0, 0.05) is 32.7 Å². The van der Waals surface area contributed by atoms with Crippen molar-refractivity contribution < 1.29 is 13.2 Å². The van der Waals surface area contributed by atoms with Gasteiger partial charge in [-0.1, -0.05) is 37.3 Å². The Hall–Kier alpha value is -1.44. The Bertz CT molecular complexity index is 633. The van der Waals surface area contributed by atoms with Crippen molar-refractivity contribution in [3.05, 3.63) is 35.9 Å². The second kappa shape index (κ2) is 7.42. The van der Waals surface area contributed by atoms with Crippen LogP contribution in [0, 0.1) is 11.8 Å². The molecule has 2 N–H and O–H groups in total. The number of rotatable bonds is 7. The van der Waals surface area contributed by atoms with Gasteiger partial charge in [0.15, 0.2) is 0 Å². The highest BCUT2D eigenvalue weighted by Gasteiger charge is 2.33. The molecule has 1 amide bonds. The summed E-state index contributed by atoms with van der Waals surface area (Å²) in [6, 6.07) is 9.53. The zero-order chi connectivity index (χ0) is 17.0. The summed E-state index contributed by atoms with van der Waals surface area (Å²) in [5.41, 5.74) is 6.37. The van der Waals surface area contributed by atoms with Crippen LogP contribution in [0.25, 0.3) is 0 Å². The van der Waals surface area contributed by atoms with Gasteiger partial charge in [-0.2, -0.15) is 4.31 Å². The number of likely N-dealkylation sites (tertiary alicyclic amines) is 1. The lowest BCUT2D eigenvalue weighted by atomic mass is 9.98. The van der Waals surface area contributed by atoms with E-state index in [1.54, 1.807) is 0 Å². The summed E-state index contributed by atoms with van der Waals surface area (Å²) >= 11 is 0. The Morgan fingerprint density at radius 3 is 2.48 bits per heavy atom. The van der Waals surface area contributed by atoms with Crippen LogP contribution < -0.4 is 5.73 Å². The van der Waals surface area contributed by atoms with Crippen LogP contribution in [0.4, 0.5) is 0 Å². The van der Waals surface area contributed by atoms with Crippen LogP contribution in [0.2, 0.25) is 0 Å². The Kier molecular flexibility index (Phi) is 5.78. The minimum absolute atomic E-state index is 0.143. The monoisotopic (exact) mass is 339 g/mol. The largest absolute Gasteiger partial charge is 0.369 e. The maximum absolute atomic E-state index is 12.0. The molecule has 1 fully saturated rings. The number of carbonyl (C=O) groups excluding carboxylic acids is 1. The van der Waals surface area contributed by atoms with Crippen LogP contribution >= 0.6 is 0 Å². The van der Waals surface area contributed by atoms with Crippen molar-refractivity contribution in [2.24, 2.45) is 17.6 Å². The van der Waals surface area contributed by atoms with Crippen molar-refractivity contribution in [1.82, 2.24) is 9.21 Å². The first-order valence-corrected chi connectivity index (χ1v) is 9.63. The highest BCUT2D eigenvalue weighted by molar-refractivity contribution is 7.88. The van der Waals surface area contributed by atoms with Crippen molar-refractivity contribution >= 4 is 15.9 Å². The molecule has 1 aliphatic rings. The summed E-state index contributed by atoms with van der Waals surface area (Å²) in [5, 5.41) is 0. The second-order valence-electron chi connectivity index (χ2n) is 6.33. The highest BCUT2D eigenvalue weighted by Crippen LogP contribution is 2.22. The number of hydrogen-bond acceptors (Lipinski definition) is 4. The molecule has 0 aromatic heterocycles. The molecule has 1 heterocycles. The van der Waals surface area contributed by atoms with Crippen molar-refractivity contribution in [3.8, 4) is 0 Å². The summed E-state index contributed by atoms with van der Waals surface area (Å²) in [6.45, 7) is 4.77. The molecule has 128 valence electrons. The number of primary amides is 1. The summed E-state index contributed by atoms with van der Waals surface area (Å²) in [6.07, 6.45) is 1.23. The SMILES string of the molecule is C[C@@H]1CN(CCN(Cc2ccccc2)S(C)(=O)=O)C[C@H]1C(N)=O. The van der Waals surface area contributed by atoms with Crippen LogP contribution in [-0.2, 0) is 21.4 Å². The molecule has 1 saturated heterocycles. The fourth-order valence-corrected chi connectivity index (χ4v) is 3.82. The average molecular weight is 339 g/mol. The van der Waals surface area contributed by atoms with E-state index in [1.165, 1.54) is 10.6 Å². The molecule has 7 heteroatoms. The Labute approximate surface area is 138 Å². The zero-order valence-electron chi connectivity index (χ0n) is 13.7. The first-order valence-electron chi connectivity index (χ1n) is 7.78. The van der Waals surface area contributed by atoms with Gasteiger partial charge in [0.25, 0.3) is 0 Å². The molecule has 6 nitrogen and oxygen atoms in total. The zero-order valence-corrected chi connectivity index (χ0v) is 14.5. The smallest absolute Gasteiger partial charge is 0.222 e. The Morgan fingerprint density at radius 1 is 1.30 bits per heavy atom. The summed E-state index contributed by atoms with van der Waals surface area (Å²) in [7, 11) is -3.28. The van der Waals surface area contributed by atoms with Crippen LogP contribution in [-0.4, -0.2) is 56.0 Å². The van der Waals surface area contributed by atoms with Crippen LogP contribution in [0.1, 0.15) is 12.5 Å². The summed E-state index contributed by atoms with van der Waals surface area (Å²) < 4.78 is 25.5. The predicted molar refractivity (Wildman–Crippen MR) is 90.0 cm³/mol. The lowest BCUT2D eigenvalue weighted by Crippen LogP contribution is -2.37. The number of carbonyl (C=O) groups is 1. The minimum atomic E-state index is -3.28. The Morgan fingerprint density at radius 2 is 1.96 bits per heavy atom. The van der Waals surface area contributed by atoms with E-state index in [-0.39, 0.29) is 17.7 Å². The number of benzene rings is 1. The van der Waals surface area contributed by atoms with E-state index in [0.717, 1.165) is 12.1 Å². The maximum atomic E-state index is 12.0. The number of sulfonamides is 1. The third-order valence-electron chi connectivity index (χ3n) is 4.39. The standard InChI is InChI=1S/C16H25N3O3S/c1-13-10-18(12-15(13)16(17)20)8-9-19(23(2,21)22)11-14-6-4-3-5-7-14/h3-7,13,15H,8-12H2,1-2H3,(H2,17,20)/t13-,15-/m1/s1. The molecule has 2 atom stereocenters. The topological polar surface area (TPSA) is 83.7 Å². The molecule has 1 aliphatic heterocycles. The lowest BCUT2D eigenvalue weighted by Gasteiger charge is -2.23. The fraction of sp³-hybridized carbons (Fsp3) is 0.562. The van der Waals surface area contributed by atoms with Gasteiger partial charge in [0.05, 0.1) is 12.2 Å². The van der Waals surface area contributed by atoms with E-state index in [2.05, 4.69) is 4.90 Å².